The first-order chi connectivity index (χ1) is 15.1. The van der Waals surface area contributed by atoms with Gasteiger partial charge in [-0.25, -0.2) is 23.6 Å². The van der Waals surface area contributed by atoms with Gasteiger partial charge in [0.15, 0.2) is 5.82 Å². The zero-order valence-corrected chi connectivity index (χ0v) is 20.3. The molecule has 1 aromatic rings. The fourth-order valence-electron chi connectivity index (χ4n) is 2.57. The minimum atomic E-state index is -1.44. The van der Waals surface area contributed by atoms with E-state index < -0.39 is 53.5 Å². The number of carbonyl (C=O) groups excluding carboxylic acids is 3. The summed E-state index contributed by atoms with van der Waals surface area (Å²) in [6.45, 7) is 10.6. The second-order valence-corrected chi connectivity index (χ2v) is 9.18. The third-order valence-corrected chi connectivity index (χ3v) is 3.95. The highest BCUT2D eigenvalue weighted by atomic mass is 19.1. The van der Waals surface area contributed by atoms with E-state index in [0.717, 1.165) is 17.8 Å². The quantitative estimate of drug-likeness (QED) is 0.431. The molecule has 1 heterocycles. The average molecular weight is 473 g/mol. The summed E-state index contributed by atoms with van der Waals surface area (Å²) in [6, 6.07) is -1.44. The number of amides is 2. The van der Waals surface area contributed by atoms with Crippen molar-refractivity contribution in [3.8, 4) is 0 Å². The second-order valence-electron chi connectivity index (χ2n) is 9.18. The number of hydrogen-bond acceptors (Lipinski definition) is 9. The van der Waals surface area contributed by atoms with Gasteiger partial charge in [0.1, 0.15) is 23.1 Å². The molecule has 0 unspecified atom stereocenters. The lowest BCUT2D eigenvalue weighted by Crippen LogP contribution is -2.52. The number of methoxy groups -OCH3 is 1. The molecule has 11 nitrogen and oxygen atoms in total. The maximum absolute atomic E-state index is 14.3. The molecule has 12 heteroatoms. The van der Waals surface area contributed by atoms with Gasteiger partial charge in [-0.2, -0.15) is 4.90 Å². The first kappa shape index (κ1) is 27.9. The van der Waals surface area contributed by atoms with Gasteiger partial charge in [-0.3, -0.25) is 9.09 Å². The van der Waals surface area contributed by atoms with Crippen molar-refractivity contribution in [3.63, 3.8) is 0 Å². The Hall–Kier alpha value is -3.18. The van der Waals surface area contributed by atoms with Gasteiger partial charge in [0.25, 0.3) is 0 Å². The van der Waals surface area contributed by atoms with Crippen LogP contribution in [0.1, 0.15) is 60.2 Å². The molecule has 0 radical (unpaired) electrons. The first-order valence-corrected chi connectivity index (χ1v) is 10.3. The Morgan fingerprint density at radius 3 is 2.03 bits per heavy atom. The monoisotopic (exact) mass is 473 g/mol. The van der Waals surface area contributed by atoms with E-state index in [4.69, 9.17) is 14.2 Å². The summed E-state index contributed by atoms with van der Waals surface area (Å²) in [4.78, 5) is 50.1. The lowest BCUT2D eigenvalue weighted by molar-refractivity contribution is -0.146. The molecule has 0 fully saturated rings. The van der Waals surface area contributed by atoms with Gasteiger partial charge in [-0.15, -0.1) is 0 Å². The van der Waals surface area contributed by atoms with Crippen LogP contribution < -0.4 is 5.76 Å². The molecule has 0 N–H and O–H groups in total. The summed E-state index contributed by atoms with van der Waals surface area (Å²) in [7, 11) is 1.09. The molecule has 0 saturated heterocycles. The van der Waals surface area contributed by atoms with Crippen molar-refractivity contribution in [2.75, 3.05) is 7.11 Å². The SMILES string of the molecule is COC(=O)[C@H](CC/C=C(/F)Cn1c(C)noc1=O)N(C(=O)OC(C)(C)C)C(=O)OC(C)(C)C. The van der Waals surface area contributed by atoms with Gasteiger partial charge in [0.2, 0.25) is 0 Å². The van der Waals surface area contributed by atoms with Gasteiger partial charge >= 0.3 is 23.9 Å². The van der Waals surface area contributed by atoms with Crippen molar-refractivity contribution in [3.05, 3.63) is 28.3 Å². The molecule has 0 aliphatic rings. The van der Waals surface area contributed by atoms with Crippen LogP contribution in [0.25, 0.3) is 0 Å². The highest BCUT2D eigenvalue weighted by Crippen LogP contribution is 2.20. The predicted molar refractivity (Wildman–Crippen MR) is 114 cm³/mol. The first-order valence-electron chi connectivity index (χ1n) is 10.3. The van der Waals surface area contributed by atoms with Gasteiger partial charge in [-0.05, 0) is 61.3 Å². The number of nitrogens with zero attached hydrogens (tertiary/aromatic N) is 3. The number of allylic oxidation sites excluding steroid dienone is 2. The molecular weight excluding hydrogens is 441 g/mol. The normalized spacial score (nSPS) is 13.3. The number of hydrogen-bond donors (Lipinski definition) is 0. The smallest absolute Gasteiger partial charge is 0.441 e. The van der Waals surface area contributed by atoms with Crippen LogP contribution >= 0.6 is 0 Å². The summed E-state index contributed by atoms with van der Waals surface area (Å²) in [5, 5.41) is 3.44. The number of carbonyl (C=O) groups is 3. The number of halogens is 1. The van der Waals surface area contributed by atoms with Gasteiger partial charge in [-0.1, -0.05) is 11.2 Å². The van der Waals surface area contributed by atoms with Crippen LogP contribution in [0.4, 0.5) is 14.0 Å². The number of aryl methyl sites for hydroxylation is 1. The molecule has 0 saturated carbocycles. The topological polar surface area (TPSA) is 130 Å². The van der Waals surface area contributed by atoms with Crippen molar-refractivity contribution in [2.24, 2.45) is 0 Å². The van der Waals surface area contributed by atoms with Crippen LogP contribution in [0.5, 0.6) is 0 Å². The Balaban J connectivity index is 3.13. The molecule has 186 valence electrons. The van der Waals surface area contributed by atoms with Crippen molar-refractivity contribution in [1.82, 2.24) is 14.6 Å². The van der Waals surface area contributed by atoms with E-state index in [0.29, 0.717) is 4.90 Å². The van der Waals surface area contributed by atoms with Crippen LogP contribution in [0.3, 0.4) is 0 Å². The lowest BCUT2D eigenvalue weighted by atomic mass is 10.1. The molecule has 33 heavy (non-hydrogen) atoms. The largest absolute Gasteiger partial charge is 0.467 e. The summed E-state index contributed by atoms with van der Waals surface area (Å²) in [5.74, 6) is -2.23. The van der Waals surface area contributed by atoms with E-state index in [1.165, 1.54) is 6.92 Å². The molecule has 1 aromatic heterocycles. The highest BCUT2D eigenvalue weighted by molar-refractivity contribution is 5.94. The molecule has 0 bridgehead atoms. The van der Waals surface area contributed by atoms with Crippen LogP contribution in [0, 0.1) is 6.92 Å². The van der Waals surface area contributed by atoms with Crippen LogP contribution in [-0.2, 0) is 25.5 Å². The van der Waals surface area contributed by atoms with E-state index in [-0.39, 0.29) is 18.7 Å². The number of imide groups is 1. The second kappa shape index (κ2) is 11.1. The molecule has 0 aromatic carbocycles. The minimum absolute atomic E-state index is 0.0766. The molecule has 2 amide bonds. The summed E-state index contributed by atoms with van der Waals surface area (Å²) < 4.78 is 35.1. The summed E-state index contributed by atoms with van der Waals surface area (Å²) in [5.41, 5.74) is -1.93. The van der Waals surface area contributed by atoms with Crippen molar-refractivity contribution >= 4 is 18.2 Å². The summed E-state index contributed by atoms with van der Waals surface area (Å²) >= 11 is 0. The Labute approximate surface area is 191 Å². The van der Waals surface area contributed by atoms with Crippen LogP contribution in [-0.4, -0.2) is 57.1 Å². The molecule has 0 aliphatic heterocycles. The molecular formula is C21H32FN3O8. The van der Waals surface area contributed by atoms with E-state index in [9.17, 15) is 23.6 Å². The zero-order chi connectivity index (χ0) is 25.6. The fourth-order valence-corrected chi connectivity index (χ4v) is 2.57. The van der Waals surface area contributed by atoms with E-state index in [1.54, 1.807) is 41.5 Å². The minimum Gasteiger partial charge on any atom is -0.467 e. The van der Waals surface area contributed by atoms with E-state index >= 15 is 0 Å². The Morgan fingerprint density at radius 1 is 1.12 bits per heavy atom. The van der Waals surface area contributed by atoms with Crippen molar-refractivity contribution < 1.29 is 37.5 Å². The predicted octanol–water partition coefficient (Wildman–Crippen LogP) is 3.49. The van der Waals surface area contributed by atoms with E-state index in [2.05, 4.69) is 9.68 Å². The van der Waals surface area contributed by atoms with Crippen LogP contribution in [0.15, 0.2) is 21.2 Å². The maximum atomic E-state index is 14.3. The number of ether oxygens (including phenoxy) is 3. The number of aromatic nitrogens is 2. The van der Waals surface area contributed by atoms with Gasteiger partial charge in [0.05, 0.1) is 13.7 Å². The number of rotatable bonds is 7. The highest BCUT2D eigenvalue weighted by Gasteiger charge is 2.40. The Morgan fingerprint density at radius 2 is 1.64 bits per heavy atom. The van der Waals surface area contributed by atoms with Gasteiger partial charge in [0, 0.05) is 0 Å². The molecule has 1 rings (SSSR count). The lowest BCUT2D eigenvalue weighted by Gasteiger charge is -2.32. The Kier molecular flexibility index (Phi) is 9.37. The molecule has 1 atom stereocenters. The standard InChI is InChI=1S/C21H32FN3O8/c1-13-23-33-17(27)24(13)12-14(22)10-9-11-15(16(26)30-8)25(18(28)31-20(2,3)4)19(29)32-21(5,6)7/h10,15H,9,11-12H2,1-8H3/b14-10+/t15-/m0/s1. The maximum Gasteiger partial charge on any atom is 0.441 e. The third-order valence-electron chi connectivity index (χ3n) is 3.95. The zero-order valence-electron chi connectivity index (χ0n) is 20.3. The summed E-state index contributed by atoms with van der Waals surface area (Å²) in [6.07, 6.45) is -1.36. The van der Waals surface area contributed by atoms with Crippen molar-refractivity contribution in [2.45, 2.75) is 85.1 Å². The third kappa shape index (κ3) is 9.07. The average Bonchev–Trinajstić information content (AvgIpc) is 2.95. The van der Waals surface area contributed by atoms with Crippen molar-refractivity contribution in [1.29, 1.82) is 0 Å². The fraction of sp³-hybridized carbons (Fsp3) is 0.667. The Bertz CT molecular complexity index is 909. The number of esters is 1. The van der Waals surface area contributed by atoms with Gasteiger partial charge < -0.3 is 14.2 Å². The van der Waals surface area contributed by atoms with Crippen LogP contribution in [0.2, 0.25) is 0 Å². The molecule has 0 aliphatic carbocycles. The van der Waals surface area contributed by atoms with E-state index in [1.807, 2.05) is 0 Å². The molecule has 0 spiro atoms.